The highest BCUT2D eigenvalue weighted by Gasteiger charge is 2.27. The second kappa shape index (κ2) is 5.96. The largest absolute Gasteiger partial charge is 0.374 e. The molecule has 0 radical (unpaired) electrons. The summed E-state index contributed by atoms with van der Waals surface area (Å²) in [6.07, 6.45) is 6.93. The highest BCUT2D eigenvalue weighted by Crippen LogP contribution is 2.38. The van der Waals surface area contributed by atoms with Crippen molar-refractivity contribution in [2.45, 2.75) is 58.0 Å². The second-order valence-corrected chi connectivity index (χ2v) is 6.21. The van der Waals surface area contributed by atoms with Gasteiger partial charge in [-0.3, -0.25) is 0 Å². The van der Waals surface area contributed by atoms with Crippen molar-refractivity contribution >= 4 is 11.3 Å². The van der Waals surface area contributed by atoms with Crippen LogP contribution in [0.2, 0.25) is 0 Å². The molecule has 3 heteroatoms. The van der Waals surface area contributed by atoms with Crippen molar-refractivity contribution in [3.8, 4) is 0 Å². The zero-order chi connectivity index (χ0) is 12.3. The monoisotopic (exact) mass is 253 g/mol. The van der Waals surface area contributed by atoms with Gasteiger partial charge in [0.2, 0.25) is 0 Å². The standard InChI is InChI=1S/C14H23NOS/c1-10(2)12-9-17-14(15-12)13(16-3)11-7-5-4-6-8-11/h9-11,13H,4-8H2,1-3H3. The Kier molecular flexibility index (Phi) is 4.57. The highest BCUT2D eigenvalue weighted by atomic mass is 32.1. The van der Waals surface area contributed by atoms with Crippen LogP contribution in [0.15, 0.2) is 5.38 Å². The van der Waals surface area contributed by atoms with Crippen LogP contribution in [0.5, 0.6) is 0 Å². The summed E-state index contributed by atoms with van der Waals surface area (Å²) >= 11 is 1.77. The molecule has 0 aliphatic heterocycles. The van der Waals surface area contributed by atoms with E-state index in [1.807, 2.05) is 7.11 Å². The first-order valence-corrected chi connectivity index (χ1v) is 7.58. The number of aromatic nitrogens is 1. The van der Waals surface area contributed by atoms with Gasteiger partial charge in [0.1, 0.15) is 11.1 Å². The number of methoxy groups -OCH3 is 1. The summed E-state index contributed by atoms with van der Waals surface area (Å²) in [5.74, 6) is 1.20. The van der Waals surface area contributed by atoms with Gasteiger partial charge in [-0.05, 0) is 24.7 Å². The molecule has 1 heterocycles. The third-order valence-corrected chi connectivity index (χ3v) is 4.63. The van der Waals surface area contributed by atoms with E-state index in [0.29, 0.717) is 11.8 Å². The molecule has 1 aliphatic carbocycles. The maximum Gasteiger partial charge on any atom is 0.122 e. The smallest absolute Gasteiger partial charge is 0.122 e. The molecule has 0 spiro atoms. The van der Waals surface area contributed by atoms with Gasteiger partial charge in [0, 0.05) is 12.5 Å². The topological polar surface area (TPSA) is 22.1 Å². The molecule has 1 unspecified atom stereocenters. The Balaban J connectivity index is 2.10. The minimum Gasteiger partial charge on any atom is -0.374 e. The maximum atomic E-state index is 5.72. The van der Waals surface area contributed by atoms with Gasteiger partial charge in [0.25, 0.3) is 0 Å². The molecule has 1 aromatic rings. The molecule has 2 nitrogen and oxygen atoms in total. The lowest BCUT2D eigenvalue weighted by Crippen LogP contribution is -2.17. The first-order chi connectivity index (χ1) is 8.22. The van der Waals surface area contributed by atoms with Gasteiger partial charge >= 0.3 is 0 Å². The molecule has 1 fully saturated rings. The van der Waals surface area contributed by atoms with E-state index in [1.54, 1.807) is 11.3 Å². The van der Waals surface area contributed by atoms with E-state index in [9.17, 15) is 0 Å². The van der Waals surface area contributed by atoms with E-state index in [4.69, 9.17) is 9.72 Å². The summed E-state index contributed by atoms with van der Waals surface area (Å²) < 4.78 is 5.72. The molecule has 1 atom stereocenters. The fraction of sp³-hybridized carbons (Fsp3) is 0.786. The highest BCUT2D eigenvalue weighted by molar-refractivity contribution is 7.09. The number of nitrogens with zero attached hydrogens (tertiary/aromatic N) is 1. The van der Waals surface area contributed by atoms with E-state index < -0.39 is 0 Å². The number of hydrogen-bond acceptors (Lipinski definition) is 3. The molecule has 0 saturated heterocycles. The minimum atomic E-state index is 0.229. The van der Waals surface area contributed by atoms with Crippen LogP contribution >= 0.6 is 11.3 Å². The Labute approximate surface area is 108 Å². The van der Waals surface area contributed by atoms with Crippen LogP contribution in [-0.4, -0.2) is 12.1 Å². The van der Waals surface area contributed by atoms with Crippen LogP contribution in [0, 0.1) is 5.92 Å². The maximum absolute atomic E-state index is 5.72. The SMILES string of the molecule is COC(c1nc(C(C)C)cs1)C1CCCCC1. The average Bonchev–Trinajstić information content (AvgIpc) is 2.81. The van der Waals surface area contributed by atoms with Gasteiger partial charge in [0.05, 0.1) is 5.69 Å². The van der Waals surface area contributed by atoms with E-state index in [-0.39, 0.29) is 6.10 Å². The summed E-state index contributed by atoms with van der Waals surface area (Å²) in [5.41, 5.74) is 1.21. The number of hydrogen-bond donors (Lipinski definition) is 0. The molecular weight excluding hydrogens is 230 g/mol. The third-order valence-electron chi connectivity index (χ3n) is 3.71. The Morgan fingerprint density at radius 3 is 2.53 bits per heavy atom. The predicted molar refractivity (Wildman–Crippen MR) is 72.5 cm³/mol. The van der Waals surface area contributed by atoms with Crippen molar-refractivity contribution in [1.29, 1.82) is 0 Å². The van der Waals surface area contributed by atoms with E-state index in [1.165, 1.54) is 42.8 Å². The molecule has 2 rings (SSSR count). The summed E-state index contributed by atoms with van der Waals surface area (Å²) in [4.78, 5) is 4.75. The molecule has 96 valence electrons. The quantitative estimate of drug-likeness (QED) is 0.786. The van der Waals surface area contributed by atoms with E-state index >= 15 is 0 Å². The predicted octanol–water partition coefficient (Wildman–Crippen LogP) is 4.53. The molecule has 0 bridgehead atoms. The van der Waals surface area contributed by atoms with Gasteiger partial charge in [-0.1, -0.05) is 33.1 Å². The lowest BCUT2D eigenvalue weighted by atomic mass is 9.85. The number of ether oxygens (including phenoxy) is 1. The van der Waals surface area contributed by atoms with Gasteiger partial charge in [0.15, 0.2) is 0 Å². The Morgan fingerprint density at radius 2 is 2.00 bits per heavy atom. The Hall–Kier alpha value is -0.410. The zero-order valence-electron chi connectivity index (χ0n) is 11.1. The van der Waals surface area contributed by atoms with Crippen LogP contribution in [0.1, 0.15) is 68.7 Å². The summed E-state index contributed by atoms with van der Waals surface area (Å²) in [7, 11) is 1.83. The van der Waals surface area contributed by atoms with E-state index in [2.05, 4.69) is 19.2 Å². The zero-order valence-corrected chi connectivity index (χ0v) is 11.9. The second-order valence-electron chi connectivity index (χ2n) is 5.32. The summed E-state index contributed by atoms with van der Waals surface area (Å²) in [6, 6.07) is 0. The number of thiazole rings is 1. The third kappa shape index (κ3) is 3.08. The van der Waals surface area contributed by atoms with Crippen molar-refractivity contribution in [3.63, 3.8) is 0 Å². The minimum absolute atomic E-state index is 0.229. The molecule has 0 amide bonds. The summed E-state index contributed by atoms with van der Waals surface area (Å²) in [5, 5.41) is 3.37. The lowest BCUT2D eigenvalue weighted by Gasteiger charge is -2.27. The molecule has 0 N–H and O–H groups in total. The number of rotatable bonds is 4. The van der Waals surface area contributed by atoms with Crippen LogP contribution in [0.25, 0.3) is 0 Å². The molecule has 1 saturated carbocycles. The van der Waals surface area contributed by atoms with Gasteiger partial charge in [-0.25, -0.2) is 4.98 Å². The van der Waals surface area contributed by atoms with Crippen molar-refractivity contribution in [2.24, 2.45) is 5.92 Å². The molecule has 0 aromatic carbocycles. The first kappa shape index (κ1) is 13.0. The van der Waals surface area contributed by atoms with Gasteiger partial charge in [-0.2, -0.15) is 0 Å². The van der Waals surface area contributed by atoms with Crippen LogP contribution < -0.4 is 0 Å². The molecule has 1 aliphatic rings. The fourth-order valence-corrected chi connectivity index (χ4v) is 3.78. The van der Waals surface area contributed by atoms with Crippen molar-refractivity contribution in [3.05, 3.63) is 16.1 Å². The first-order valence-electron chi connectivity index (χ1n) is 6.70. The molecule has 1 aromatic heterocycles. The van der Waals surface area contributed by atoms with Gasteiger partial charge in [-0.15, -0.1) is 11.3 Å². The fourth-order valence-electron chi connectivity index (χ4n) is 2.63. The average molecular weight is 253 g/mol. The Morgan fingerprint density at radius 1 is 1.29 bits per heavy atom. The Bertz CT molecular complexity index is 342. The van der Waals surface area contributed by atoms with Crippen LogP contribution in [0.3, 0.4) is 0 Å². The normalized spacial score (nSPS) is 19.8. The van der Waals surface area contributed by atoms with Crippen molar-refractivity contribution < 1.29 is 4.74 Å². The van der Waals surface area contributed by atoms with Crippen LogP contribution in [-0.2, 0) is 4.74 Å². The van der Waals surface area contributed by atoms with E-state index in [0.717, 1.165) is 0 Å². The van der Waals surface area contributed by atoms with Crippen molar-refractivity contribution in [1.82, 2.24) is 4.98 Å². The molecular formula is C14H23NOS. The van der Waals surface area contributed by atoms with Gasteiger partial charge < -0.3 is 4.74 Å². The summed E-state index contributed by atoms with van der Waals surface area (Å²) in [6.45, 7) is 4.39. The van der Waals surface area contributed by atoms with Crippen molar-refractivity contribution in [2.75, 3.05) is 7.11 Å². The lowest BCUT2D eigenvalue weighted by molar-refractivity contribution is 0.0351. The van der Waals surface area contributed by atoms with Crippen LogP contribution in [0.4, 0.5) is 0 Å². The molecule has 17 heavy (non-hydrogen) atoms.